The van der Waals surface area contributed by atoms with Gasteiger partial charge in [-0.05, 0) is 38.0 Å². The molecular formula is C19H24N2O4S. The highest BCUT2D eigenvalue weighted by molar-refractivity contribution is 8.00. The van der Waals surface area contributed by atoms with E-state index in [1.54, 1.807) is 30.1 Å². The van der Waals surface area contributed by atoms with E-state index in [1.807, 2.05) is 6.92 Å². The molecule has 0 spiro atoms. The summed E-state index contributed by atoms with van der Waals surface area (Å²) in [6.07, 6.45) is 5.52. The van der Waals surface area contributed by atoms with Crippen LogP contribution in [0.2, 0.25) is 0 Å². The minimum absolute atomic E-state index is 0.0858. The van der Waals surface area contributed by atoms with E-state index in [2.05, 4.69) is 5.32 Å². The predicted octanol–water partition coefficient (Wildman–Crippen LogP) is 3.07. The largest absolute Gasteiger partial charge is 0.452 e. The number of rotatable bonds is 4. The zero-order valence-electron chi connectivity index (χ0n) is 15.1. The molecule has 1 unspecified atom stereocenters. The molecule has 1 fully saturated rings. The Balaban J connectivity index is 1.57. The zero-order chi connectivity index (χ0) is 18.7. The predicted molar refractivity (Wildman–Crippen MR) is 100 cm³/mol. The number of nitrogens with zero attached hydrogens (tertiary/aromatic N) is 1. The number of benzene rings is 1. The molecular weight excluding hydrogens is 352 g/mol. The zero-order valence-corrected chi connectivity index (χ0v) is 15.9. The van der Waals surface area contributed by atoms with Crippen molar-refractivity contribution in [2.24, 2.45) is 0 Å². The van der Waals surface area contributed by atoms with E-state index in [0.717, 1.165) is 30.6 Å². The monoisotopic (exact) mass is 376 g/mol. The van der Waals surface area contributed by atoms with Gasteiger partial charge >= 0.3 is 5.97 Å². The van der Waals surface area contributed by atoms with Crippen molar-refractivity contribution in [3.8, 4) is 0 Å². The summed E-state index contributed by atoms with van der Waals surface area (Å²) in [4.78, 5) is 38.9. The summed E-state index contributed by atoms with van der Waals surface area (Å²) < 4.78 is 5.19. The number of carbonyl (C=O) groups excluding carboxylic acids is 3. The first kappa shape index (κ1) is 18.8. The van der Waals surface area contributed by atoms with Crippen molar-refractivity contribution in [2.45, 2.75) is 55.2 Å². The molecule has 1 atom stereocenters. The van der Waals surface area contributed by atoms with Gasteiger partial charge in [-0.2, -0.15) is 0 Å². The lowest BCUT2D eigenvalue weighted by Crippen LogP contribution is -2.40. The van der Waals surface area contributed by atoms with E-state index in [0.29, 0.717) is 11.3 Å². The average Bonchev–Trinajstić information content (AvgIpc) is 2.66. The number of hydrogen-bond donors (Lipinski definition) is 1. The topological polar surface area (TPSA) is 75.7 Å². The van der Waals surface area contributed by atoms with Crippen LogP contribution in [0, 0.1) is 0 Å². The lowest BCUT2D eigenvalue weighted by Gasteiger charge is -2.31. The first-order valence-electron chi connectivity index (χ1n) is 9.00. The lowest BCUT2D eigenvalue weighted by atomic mass is 9.94. The number of anilines is 1. The Kier molecular flexibility index (Phi) is 5.86. The Morgan fingerprint density at radius 3 is 2.73 bits per heavy atom. The molecule has 2 amide bonds. The van der Waals surface area contributed by atoms with Gasteiger partial charge in [-0.1, -0.05) is 19.3 Å². The summed E-state index contributed by atoms with van der Waals surface area (Å²) in [5.74, 6) is -0.825. The maximum absolute atomic E-state index is 12.3. The minimum atomic E-state index is -0.559. The minimum Gasteiger partial charge on any atom is -0.452 e. The highest BCUT2D eigenvalue weighted by Gasteiger charge is 2.25. The second-order valence-electron chi connectivity index (χ2n) is 6.83. The summed E-state index contributed by atoms with van der Waals surface area (Å²) in [5, 5.41) is 2.63. The van der Waals surface area contributed by atoms with Crippen molar-refractivity contribution < 1.29 is 19.1 Å². The average molecular weight is 376 g/mol. The Bertz CT molecular complexity index is 715. The number of nitrogens with one attached hydrogen (secondary N) is 1. The number of carbonyl (C=O) groups is 3. The van der Waals surface area contributed by atoms with Crippen LogP contribution >= 0.6 is 11.8 Å². The Hall–Kier alpha value is -2.02. The lowest BCUT2D eigenvalue weighted by molar-refractivity contribution is -0.135. The first-order valence-corrected chi connectivity index (χ1v) is 9.88. The molecule has 1 heterocycles. The molecule has 0 radical (unpaired) electrons. The molecule has 0 bridgehead atoms. The van der Waals surface area contributed by atoms with Gasteiger partial charge in [0.1, 0.15) is 0 Å². The Labute approximate surface area is 157 Å². The third-order valence-electron chi connectivity index (χ3n) is 4.99. The number of fused-ring (bicyclic) bond motifs is 1. The standard InChI is InChI=1S/C19H24N2O4S/c1-12-18(23)20-15-10-13(8-9-16(15)26-12)19(24)25-11-17(22)21(2)14-6-4-3-5-7-14/h8-10,12,14H,3-7,11H2,1-2H3,(H,20,23). The number of thioether (sulfide) groups is 1. The summed E-state index contributed by atoms with van der Waals surface area (Å²) in [5.41, 5.74) is 0.936. The molecule has 1 aliphatic carbocycles. The second kappa shape index (κ2) is 8.12. The molecule has 3 rings (SSSR count). The van der Waals surface area contributed by atoms with Gasteiger partial charge < -0.3 is 15.0 Å². The van der Waals surface area contributed by atoms with Crippen LogP contribution in [0.15, 0.2) is 23.1 Å². The third kappa shape index (κ3) is 4.20. The van der Waals surface area contributed by atoms with Gasteiger partial charge in [0, 0.05) is 18.0 Å². The molecule has 1 aromatic rings. The fourth-order valence-corrected chi connectivity index (χ4v) is 4.25. The van der Waals surface area contributed by atoms with Crippen molar-refractivity contribution in [1.82, 2.24) is 4.90 Å². The van der Waals surface area contributed by atoms with Crippen molar-refractivity contribution in [3.63, 3.8) is 0 Å². The van der Waals surface area contributed by atoms with Crippen LogP contribution in [-0.2, 0) is 14.3 Å². The van der Waals surface area contributed by atoms with Crippen LogP contribution in [-0.4, -0.2) is 47.6 Å². The van der Waals surface area contributed by atoms with Crippen LogP contribution in [0.5, 0.6) is 0 Å². The molecule has 1 aliphatic heterocycles. The molecule has 2 aliphatic rings. The molecule has 26 heavy (non-hydrogen) atoms. The quantitative estimate of drug-likeness (QED) is 0.818. The number of amides is 2. The molecule has 7 heteroatoms. The normalized spacial score (nSPS) is 20.1. The molecule has 1 saturated carbocycles. The van der Waals surface area contributed by atoms with Crippen molar-refractivity contribution >= 4 is 35.2 Å². The first-order chi connectivity index (χ1) is 12.5. The second-order valence-corrected chi connectivity index (χ2v) is 8.22. The SMILES string of the molecule is CC1Sc2ccc(C(=O)OCC(=O)N(C)C3CCCCC3)cc2NC1=O. The van der Waals surface area contributed by atoms with Gasteiger partial charge in [0.15, 0.2) is 6.61 Å². The molecule has 0 aromatic heterocycles. The molecule has 1 aromatic carbocycles. The van der Waals surface area contributed by atoms with Crippen LogP contribution < -0.4 is 5.32 Å². The number of esters is 1. The summed E-state index contributed by atoms with van der Waals surface area (Å²) in [6, 6.07) is 5.30. The van der Waals surface area contributed by atoms with Crippen LogP contribution in [0.3, 0.4) is 0 Å². The fraction of sp³-hybridized carbons (Fsp3) is 0.526. The summed E-state index contributed by atoms with van der Waals surface area (Å²) in [6.45, 7) is 1.57. The van der Waals surface area contributed by atoms with E-state index in [-0.39, 0.29) is 29.7 Å². The van der Waals surface area contributed by atoms with E-state index < -0.39 is 5.97 Å². The van der Waals surface area contributed by atoms with Gasteiger partial charge in [0.05, 0.1) is 16.5 Å². The highest BCUT2D eigenvalue weighted by Crippen LogP contribution is 2.36. The van der Waals surface area contributed by atoms with Gasteiger partial charge in [-0.15, -0.1) is 11.8 Å². The Morgan fingerprint density at radius 1 is 1.27 bits per heavy atom. The van der Waals surface area contributed by atoms with Crippen molar-refractivity contribution in [2.75, 3.05) is 19.0 Å². The van der Waals surface area contributed by atoms with E-state index in [9.17, 15) is 14.4 Å². The maximum Gasteiger partial charge on any atom is 0.338 e. The van der Waals surface area contributed by atoms with Gasteiger partial charge in [-0.3, -0.25) is 9.59 Å². The Morgan fingerprint density at radius 2 is 2.00 bits per heavy atom. The van der Waals surface area contributed by atoms with Crippen molar-refractivity contribution in [3.05, 3.63) is 23.8 Å². The third-order valence-corrected chi connectivity index (χ3v) is 6.17. The fourth-order valence-electron chi connectivity index (χ4n) is 3.32. The summed E-state index contributed by atoms with van der Waals surface area (Å²) >= 11 is 1.45. The molecule has 6 nitrogen and oxygen atoms in total. The highest BCUT2D eigenvalue weighted by atomic mass is 32.2. The number of hydrogen-bond acceptors (Lipinski definition) is 5. The smallest absolute Gasteiger partial charge is 0.338 e. The maximum atomic E-state index is 12.3. The number of ether oxygens (including phenoxy) is 1. The van der Waals surface area contributed by atoms with Gasteiger partial charge in [0.2, 0.25) is 5.91 Å². The van der Waals surface area contributed by atoms with Gasteiger partial charge in [0.25, 0.3) is 5.91 Å². The number of likely N-dealkylation sites (N-methyl/N-ethyl adjacent to an activating group) is 1. The summed E-state index contributed by atoms with van der Waals surface area (Å²) in [7, 11) is 1.78. The van der Waals surface area contributed by atoms with Crippen LogP contribution in [0.25, 0.3) is 0 Å². The molecule has 1 N–H and O–H groups in total. The molecule has 0 saturated heterocycles. The van der Waals surface area contributed by atoms with Gasteiger partial charge in [-0.25, -0.2) is 4.79 Å². The van der Waals surface area contributed by atoms with Crippen LogP contribution in [0.4, 0.5) is 5.69 Å². The van der Waals surface area contributed by atoms with E-state index in [1.165, 1.54) is 18.2 Å². The van der Waals surface area contributed by atoms with E-state index in [4.69, 9.17) is 4.74 Å². The molecule has 140 valence electrons. The van der Waals surface area contributed by atoms with Crippen molar-refractivity contribution in [1.29, 1.82) is 0 Å². The van der Waals surface area contributed by atoms with Crippen LogP contribution in [0.1, 0.15) is 49.4 Å². The van der Waals surface area contributed by atoms with E-state index >= 15 is 0 Å².